The first-order valence-electron chi connectivity index (χ1n) is 11.0. The molecule has 1 aromatic carbocycles. The van der Waals surface area contributed by atoms with Crippen LogP contribution in [0, 0.1) is 6.92 Å². The number of alkyl halides is 3. The number of hydrogen-bond acceptors (Lipinski definition) is 8. The van der Waals surface area contributed by atoms with E-state index in [1.807, 2.05) is 0 Å². The molecule has 3 N–H and O–H groups in total. The number of anilines is 2. The molecule has 0 aliphatic rings. The average Bonchev–Trinajstić information content (AvgIpc) is 3.31. The van der Waals surface area contributed by atoms with E-state index in [0.29, 0.717) is 22.2 Å². The van der Waals surface area contributed by atoms with E-state index in [-0.39, 0.29) is 24.8 Å². The van der Waals surface area contributed by atoms with Gasteiger partial charge >= 0.3 is 6.18 Å². The maximum Gasteiger partial charge on any atom is 0.416 e. The second kappa shape index (κ2) is 11.1. The molecular formula is C24H22ClF3N6O3. The molecule has 3 heterocycles. The van der Waals surface area contributed by atoms with Crippen LogP contribution >= 0.6 is 11.6 Å². The molecule has 13 heteroatoms. The fourth-order valence-corrected chi connectivity index (χ4v) is 3.53. The topological polar surface area (TPSA) is 118 Å². The van der Waals surface area contributed by atoms with E-state index >= 15 is 0 Å². The van der Waals surface area contributed by atoms with Crippen LogP contribution in [0.5, 0.6) is 5.75 Å². The van der Waals surface area contributed by atoms with Gasteiger partial charge in [-0.15, -0.1) is 5.10 Å². The first kappa shape index (κ1) is 26.3. The molecule has 0 aliphatic carbocycles. The number of aliphatic hydroxyl groups excluding tert-OH is 2. The van der Waals surface area contributed by atoms with Crippen LogP contribution < -0.4 is 10.1 Å². The third-order valence-corrected chi connectivity index (χ3v) is 5.49. The van der Waals surface area contributed by atoms with Gasteiger partial charge in [-0.1, -0.05) is 28.9 Å². The predicted octanol–water partition coefficient (Wildman–Crippen LogP) is 4.26. The monoisotopic (exact) mass is 534 g/mol. The predicted molar refractivity (Wildman–Crippen MR) is 129 cm³/mol. The Kier molecular flexibility index (Phi) is 7.91. The van der Waals surface area contributed by atoms with Crippen molar-refractivity contribution in [2.75, 3.05) is 11.9 Å². The number of aromatic nitrogens is 5. The lowest BCUT2D eigenvalue weighted by Gasteiger charge is -2.18. The first-order chi connectivity index (χ1) is 17.6. The van der Waals surface area contributed by atoms with Gasteiger partial charge in [-0.05, 0) is 48.9 Å². The fraction of sp³-hybridized carbons (Fsp3) is 0.250. The summed E-state index contributed by atoms with van der Waals surface area (Å²) in [4.78, 5) is 8.32. The highest BCUT2D eigenvalue weighted by molar-refractivity contribution is 6.32. The lowest BCUT2D eigenvalue weighted by atomic mass is 10.2. The summed E-state index contributed by atoms with van der Waals surface area (Å²) in [5.41, 5.74) is 0.690. The molecule has 0 amide bonds. The van der Waals surface area contributed by atoms with Crippen LogP contribution in [0.3, 0.4) is 0 Å². The quantitative estimate of drug-likeness (QED) is 0.291. The standard InChI is InChI=1S/C24H22ClF3N6O3/c1-14-8-17(30-23(9-14)31-22-10-15(6-7-29-22)24(26,27)28)18-11-34(33-32-18)12-19(35)20(36)13-37-21-5-3-2-4-16(21)25/h2-11,19-20,35-36H,12-13H2,1H3,(H,29,30,31). The van der Waals surface area contributed by atoms with Crippen molar-refractivity contribution in [2.24, 2.45) is 0 Å². The number of nitrogens with zero attached hydrogens (tertiary/aromatic N) is 5. The number of nitrogens with one attached hydrogen (secondary N) is 1. The molecule has 4 aromatic rings. The molecule has 37 heavy (non-hydrogen) atoms. The zero-order valence-electron chi connectivity index (χ0n) is 19.4. The van der Waals surface area contributed by atoms with Crippen molar-refractivity contribution in [3.05, 3.63) is 77.1 Å². The molecule has 0 saturated carbocycles. The lowest BCUT2D eigenvalue weighted by molar-refractivity contribution is -0.137. The summed E-state index contributed by atoms with van der Waals surface area (Å²) >= 11 is 6.02. The zero-order valence-corrected chi connectivity index (χ0v) is 20.1. The molecule has 0 spiro atoms. The van der Waals surface area contributed by atoms with Crippen LogP contribution in [0.4, 0.5) is 24.8 Å². The number of benzene rings is 1. The molecule has 3 aromatic heterocycles. The molecular weight excluding hydrogens is 513 g/mol. The number of rotatable bonds is 9. The van der Waals surface area contributed by atoms with Crippen molar-refractivity contribution in [1.29, 1.82) is 0 Å². The molecule has 0 aliphatic heterocycles. The Balaban J connectivity index is 1.42. The van der Waals surface area contributed by atoms with Crippen LogP contribution in [0.1, 0.15) is 11.1 Å². The van der Waals surface area contributed by atoms with Crippen LogP contribution in [-0.4, -0.2) is 54.0 Å². The SMILES string of the molecule is Cc1cc(Nc2cc(C(F)(F)F)ccn2)nc(-c2cn(CC(O)C(O)COc3ccccc3Cl)nn2)c1. The average molecular weight is 535 g/mol. The molecule has 2 unspecified atom stereocenters. The summed E-state index contributed by atoms with van der Waals surface area (Å²) in [6, 6.07) is 11.9. The third-order valence-electron chi connectivity index (χ3n) is 5.18. The van der Waals surface area contributed by atoms with Gasteiger partial charge in [0.05, 0.1) is 29.0 Å². The Hall–Kier alpha value is -3.74. The molecule has 0 saturated heterocycles. The minimum absolute atomic E-state index is 0.0151. The number of aliphatic hydroxyl groups is 2. The van der Waals surface area contributed by atoms with Crippen molar-refractivity contribution >= 4 is 23.2 Å². The minimum atomic E-state index is -4.50. The highest BCUT2D eigenvalue weighted by Gasteiger charge is 2.30. The van der Waals surface area contributed by atoms with E-state index in [9.17, 15) is 23.4 Å². The smallest absolute Gasteiger partial charge is 0.416 e. The van der Waals surface area contributed by atoms with E-state index in [2.05, 4.69) is 25.6 Å². The molecule has 9 nitrogen and oxygen atoms in total. The van der Waals surface area contributed by atoms with Gasteiger partial charge in [-0.25, -0.2) is 14.6 Å². The molecule has 194 valence electrons. The lowest BCUT2D eigenvalue weighted by Crippen LogP contribution is -2.35. The van der Waals surface area contributed by atoms with Gasteiger partial charge in [0, 0.05) is 6.20 Å². The van der Waals surface area contributed by atoms with E-state index in [1.54, 1.807) is 43.3 Å². The summed E-state index contributed by atoms with van der Waals surface area (Å²) in [5.74, 6) is 0.635. The number of halogens is 4. The summed E-state index contributed by atoms with van der Waals surface area (Å²) in [6.45, 7) is 1.52. The van der Waals surface area contributed by atoms with Crippen molar-refractivity contribution in [1.82, 2.24) is 25.0 Å². The molecule has 0 radical (unpaired) electrons. The second-order valence-electron chi connectivity index (χ2n) is 8.17. The summed E-state index contributed by atoms with van der Waals surface area (Å²) < 4.78 is 45.8. The molecule has 2 atom stereocenters. The Morgan fingerprint density at radius 2 is 1.84 bits per heavy atom. The van der Waals surface area contributed by atoms with Gasteiger partial charge in [-0.3, -0.25) is 0 Å². The van der Waals surface area contributed by atoms with Crippen LogP contribution in [0.25, 0.3) is 11.4 Å². The van der Waals surface area contributed by atoms with Crippen molar-refractivity contribution in [2.45, 2.75) is 31.9 Å². The van der Waals surface area contributed by atoms with Gasteiger partial charge in [0.2, 0.25) is 0 Å². The van der Waals surface area contributed by atoms with Gasteiger partial charge in [0.15, 0.2) is 0 Å². The van der Waals surface area contributed by atoms with Gasteiger partial charge < -0.3 is 20.3 Å². The van der Waals surface area contributed by atoms with Crippen LogP contribution in [-0.2, 0) is 12.7 Å². The van der Waals surface area contributed by atoms with Crippen LogP contribution in [0.15, 0.2) is 60.9 Å². The highest BCUT2D eigenvalue weighted by Crippen LogP contribution is 2.31. The summed E-state index contributed by atoms with van der Waals surface area (Å²) in [6.07, 6.45) is -4.35. The number of ether oxygens (including phenoxy) is 1. The van der Waals surface area contributed by atoms with Gasteiger partial charge in [-0.2, -0.15) is 13.2 Å². The van der Waals surface area contributed by atoms with E-state index < -0.39 is 23.9 Å². The number of para-hydroxylation sites is 1. The van der Waals surface area contributed by atoms with E-state index in [0.717, 1.165) is 23.9 Å². The van der Waals surface area contributed by atoms with Gasteiger partial charge in [0.1, 0.15) is 41.9 Å². The number of hydrogen-bond donors (Lipinski definition) is 3. The maximum atomic E-state index is 13.0. The molecule has 0 bridgehead atoms. The maximum absolute atomic E-state index is 13.0. The summed E-state index contributed by atoms with van der Waals surface area (Å²) in [5, 5.41) is 31.8. The summed E-state index contributed by atoms with van der Waals surface area (Å²) in [7, 11) is 0. The van der Waals surface area contributed by atoms with E-state index in [4.69, 9.17) is 16.3 Å². The normalized spacial score (nSPS) is 13.3. The van der Waals surface area contributed by atoms with E-state index in [1.165, 1.54) is 10.9 Å². The Labute approximate surface area is 214 Å². The molecule has 0 fully saturated rings. The third kappa shape index (κ3) is 6.94. The fourth-order valence-electron chi connectivity index (χ4n) is 3.34. The van der Waals surface area contributed by atoms with Crippen molar-refractivity contribution in [3.63, 3.8) is 0 Å². The second-order valence-corrected chi connectivity index (χ2v) is 8.58. The van der Waals surface area contributed by atoms with Crippen LogP contribution in [0.2, 0.25) is 5.02 Å². The highest BCUT2D eigenvalue weighted by atomic mass is 35.5. The first-order valence-corrected chi connectivity index (χ1v) is 11.4. The zero-order chi connectivity index (χ0) is 26.6. The van der Waals surface area contributed by atoms with Gasteiger partial charge in [0.25, 0.3) is 0 Å². The number of pyridine rings is 2. The minimum Gasteiger partial charge on any atom is -0.489 e. The Morgan fingerprint density at radius 1 is 1.05 bits per heavy atom. The Morgan fingerprint density at radius 3 is 2.59 bits per heavy atom. The van der Waals surface area contributed by atoms with Crippen molar-refractivity contribution < 1.29 is 28.1 Å². The largest absolute Gasteiger partial charge is 0.489 e. The van der Waals surface area contributed by atoms with Crippen molar-refractivity contribution in [3.8, 4) is 17.1 Å². The Bertz CT molecular complexity index is 1370. The molecule has 4 rings (SSSR count). The number of aryl methyl sites for hydroxylation is 1.